The van der Waals surface area contributed by atoms with E-state index in [2.05, 4.69) is 17.1 Å². The van der Waals surface area contributed by atoms with Gasteiger partial charge in [-0.1, -0.05) is 24.3 Å². The van der Waals surface area contributed by atoms with Crippen LogP contribution < -0.4 is 0 Å². The Bertz CT molecular complexity index is 901. The normalized spacial score (nSPS) is 15.0. The van der Waals surface area contributed by atoms with Gasteiger partial charge in [0.15, 0.2) is 0 Å². The zero-order chi connectivity index (χ0) is 15.8. The first kappa shape index (κ1) is 13.6. The van der Waals surface area contributed by atoms with Crippen molar-refractivity contribution in [2.45, 2.75) is 12.8 Å². The van der Waals surface area contributed by atoms with Gasteiger partial charge in [0.05, 0.1) is 6.26 Å². The summed E-state index contributed by atoms with van der Waals surface area (Å²) in [6, 6.07) is 13.7. The average Bonchev–Trinajstić information content (AvgIpc) is 3.25. The maximum atomic E-state index is 11.1. The highest BCUT2D eigenvalue weighted by molar-refractivity contribution is 5.91. The number of furan rings is 1. The molecule has 0 aliphatic heterocycles. The van der Waals surface area contributed by atoms with Crippen molar-refractivity contribution in [3.63, 3.8) is 0 Å². The Hall–Kier alpha value is -3.01. The predicted molar refractivity (Wildman–Crippen MR) is 88.1 cm³/mol. The fourth-order valence-corrected chi connectivity index (χ4v) is 3.07. The SMILES string of the molecule is O=C(O)c1cc2c([nH]1)CC/C2=C\c1cccc(-c2ccco2)c1. The van der Waals surface area contributed by atoms with E-state index in [-0.39, 0.29) is 5.69 Å². The number of aromatic amines is 1. The number of aromatic nitrogens is 1. The van der Waals surface area contributed by atoms with Crippen molar-refractivity contribution in [3.8, 4) is 11.3 Å². The molecule has 0 bridgehead atoms. The monoisotopic (exact) mass is 305 g/mol. The third-order valence-electron chi connectivity index (χ3n) is 4.15. The highest BCUT2D eigenvalue weighted by Gasteiger charge is 2.21. The first-order chi connectivity index (χ1) is 11.2. The van der Waals surface area contributed by atoms with Gasteiger partial charge in [-0.3, -0.25) is 0 Å². The van der Waals surface area contributed by atoms with E-state index in [4.69, 9.17) is 9.52 Å². The Morgan fingerprint density at radius 1 is 1.17 bits per heavy atom. The van der Waals surface area contributed by atoms with E-state index in [1.807, 2.05) is 30.3 Å². The number of benzene rings is 1. The van der Waals surface area contributed by atoms with Crippen LogP contribution in [-0.4, -0.2) is 16.1 Å². The quantitative estimate of drug-likeness (QED) is 0.750. The van der Waals surface area contributed by atoms with Crippen LogP contribution in [0.5, 0.6) is 0 Å². The molecule has 4 heteroatoms. The lowest BCUT2D eigenvalue weighted by Crippen LogP contribution is -1.96. The van der Waals surface area contributed by atoms with Crippen molar-refractivity contribution < 1.29 is 14.3 Å². The van der Waals surface area contributed by atoms with Crippen LogP contribution in [-0.2, 0) is 6.42 Å². The number of carboxylic acids is 1. The van der Waals surface area contributed by atoms with Gasteiger partial charge in [0.1, 0.15) is 11.5 Å². The summed E-state index contributed by atoms with van der Waals surface area (Å²) in [5, 5.41) is 9.10. The van der Waals surface area contributed by atoms with Crippen LogP contribution in [0.1, 0.15) is 33.7 Å². The first-order valence-electron chi connectivity index (χ1n) is 7.51. The van der Waals surface area contributed by atoms with Crippen molar-refractivity contribution in [1.29, 1.82) is 0 Å². The average molecular weight is 305 g/mol. The Morgan fingerprint density at radius 3 is 2.87 bits per heavy atom. The Labute approximate surface area is 133 Å². The largest absolute Gasteiger partial charge is 0.477 e. The standard InChI is InChI=1S/C19H15NO3/c21-19(22)17-11-15-13(6-7-16(15)20-17)9-12-3-1-4-14(10-12)18-5-2-8-23-18/h1-5,8-11,20H,6-7H2,(H,21,22)/b13-9+. The van der Waals surface area contributed by atoms with Gasteiger partial charge in [-0.05, 0) is 53.8 Å². The van der Waals surface area contributed by atoms with Gasteiger partial charge in [0.25, 0.3) is 0 Å². The lowest BCUT2D eigenvalue weighted by Gasteiger charge is -2.02. The van der Waals surface area contributed by atoms with Crippen LogP contribution in [0, 0.1) is 0 Å². The first-order valence-corrected chi connectivity index (χ1v) is 7.51. The molecule has 0 spiro atoms. The molecule has 2 heterocycles. The Balaban J connectivity index is 1.70. The zero-order valence-corrected chi connectivity index (χ0v) is 12.4. The molecule has 0 radical (unpaired) electrons. The van der Waals surface area contributed by atoms with Crippen molar-refractivity contribution in [1.82, 2.24) is 4.98 Å². The fourth-order valence-electron chi connectivity index (χ4n) is 3.07. The molecule has 1 aliphatic carbocycles. The Kier molecular flexibility index (Phi) is 3.15. The minimum atomic E-state index is -0.918. The molecule has 2 aromatic heterocycles. The van der Waals surface area contributed by atoms with Crippen LogP contribution in [0.25, 0.3) is 23.0 Å². The summed E-state index contributed by atoms with van der Waals surface area (Å²) in [6.45, 7) is 0. The Morgan fingerprint density at radius 2 is 2.09 bits per heavy atom. The molecule has 1 aliphatic rings. The molecule has 0 fully saturated rings. The molecular weight excluding hydrogens is 290 g/mol. The molecule has 2 N–H and O–H groups in total. The lowest BCUT2D eigenvalue weighted by molar-refractivity contribution is 0.0691. The third-order valence-corrected chi connectivity index (χ3v) is 4.15. The van der Waals surface area contributed by atoms with E-state index < -0.39 is 5.97 Å². The second kappa shape index (κ2) is 5.32. The zero-order valence-electron chi connectivity index (χ0n) is 12.4. The molecule has 0 saturated carbocycles. The van der Waals surface area contributed by atoms with Gasteiger partial charge in [0.2, 0.25) is 0 Å². The van der Waals surface area contributed by atoms with Crippen LogP contribution in [0.2, 0.25) is 0 Å². The van der Waals surface area contributed by atoms with E-state index >= 15 is 0 Å². The molecule has 114 valence electrons. The topological polar surface area (TPSA) is 66.2 Å². The number of fused-ring (bicyclic) bond motifs is 1. The summed E-state index contributed by atoms with van der Waals surface area (Å²) in [5.74, 6) is -0.0780. The van der Waals surface area contributed by atoms with Gasteiger partial charge in [-0.25, -0.2) is 4.79 Å². The number of hydrogen-bond acceptors (Lipinski definition) is 2. The number of allylic oxidation sites excluding steroid dienone is 1. The number of carbonyl (C=O) groups is 1. The number of aryl methyl sites for hydroxylation is 1. The summed E-state index contributed by atoms with van der Waals surface area (Å²) >= 11 is 0. The van der Waals surface area contributed by atoms with Crippen LogP contribution in [0.4, 0.5) is 0 Å². The summed E-state index contributed by atoms with van der Waals surface area (Å²) in [5.41, 5.74) is 5.56. The highest BCUT2D eigenvalue weighted by atomic mass is 16.4. The minimum Gasteiger partial charge on any atom is -0.477 e. The van der Waals surface area contributed by atoms with E-state index in [0.29, 0.717) is 0 Å². The summed E-state index contributed by atoms with van der Waals surface area (Å²) < 4.78 is 5.44. The molecule has 4 rings (SSSR count). The number of rotatable bonds is 3. The molecule has 1 aromatic carbocycles. The van der Waals surface area contributed by atoms with Crippen molar-refractivity contribution in [2.24, 2.45) is 0 Å². The number of nitrogens with one attached hydrogen (secondary N) is 1. The van der Waals surface area contributed by atoms with Crippen molar-refractivity contribution in [2.75, 3.05) is 0 Å². The second-order valence-corrected chi connectivity index (χ2v) is 5.65. The maximum Gasteiger partial charge on any atom is 0.352 e. The van der Waals surface area contributed by atoms with Crippen LogP contribution >= 0.6 is 0 Å². The van der Waals surface area contributed by atoms with E-state index in [1.165, 1.54) is 5.57 Å². The lowest BCUT2D eigenvalue weighted by atomic mass is 10.0. The third kappa shape index (κ3) is 2.48. The molecule has 0 unspecified atom stereocenters. The van der Waals surface area contributed by atoms with Gasteiger partial charge < -0.3 is 14.5 Å². The molecule has 23 heavy (non-hydrogen) atoms. The summed E-state index contributed by atoms with van der Waals surface area (Å²) in [6.07, 6.45) is 5.56. The molecular formula is C19H15NO3. The van der Waals surface area contributed by atoms with Crippen LogP contribution in [0.15, 0.2) is 53.1 Å². The smallest absolute Gasteiger partial charge is 0.352 e. The number of aromatic carboxylic acids is 1. The van der Waals surface area contributed by atoms with Crippen molar-refractivity contribution in [3.05, 3.63) is 71.2 Å². The predicted octanol–water partition coefficient (Wildman–Crippen LogP) is 4.46. The van der Waals surface area contributed by atoms with E-state index in [1.54, 1.807) is 12.3 Å². The number of carboxylic acid groups (broad SMARTS) is 1. The fraction of sp³-hybridized carbons (Fsp3) is 0.105. The number of H-pyrrole nitrogens is 1. The second-order valence-electron chi connectivity index (χ2n) is 5.65. The molecule has 0 atom stereocenters. The maximum absolute atomic E-state index is 11.1. The molecule has 3 aromatic rings. The van der Waals surface area contributed by atoms with E-state index in [0.717, 1.165) is 41.0 Å². The van der Waals surface area contributed by atoms with Gasteiger partial charge in [-0.2, -0.15) is 0 Å². The van der Waals surface area contributed by atoms with Gasteiger partial charge >= 0.3 is 5.97 Å². The number of hydrogen-bond donors (Lipinski definition) is 2. The van der Waals surface area contributed by atoms with Gasteiger partial charge in [0, 0.05) is 11.3 Å². The molecule has 0 amide bonds. The molecule has 0 saturated heterocycles. The van der Waals surface area contributed by atoms with Gasteiger partial charge in [-0.15, -0.1) is 0 Å². The minimum absolute atomic E-state index is 0.255. The van der Waals surface area contributed by atoms with E-state index in [9.17, 15) is 4.79 Å². The highest BCUT2D eigenvalue weighted by Crippen LogP contribution is 2.34. The van der Waals surface area contributed by atoms with Crippen LogP contribution in [0.3, 0.4) is 0 Å². The summed E-state index contributed by atoms with van der Waals surface area (Å²) in [4.78, 5) is 14.1. The van der Waals surface area contributed by atoms with Crippen molar-refractivity contribution >= 4 is 17.6 Å². The molecule has 4 nitrogen and oxygen atoms in total. The summed E-state index contributed by atoms with van der Waals surface area (Å²) in [7, 11) is 0.